The van der Waals surface area contributed by atoms with Crippen molar-refractivity contribution in [3.05, 3.63) is 28.8 Å². The van der Waals surface area contributed by atoms with Crippen LogP contribution in [0.2, 0.25) is 5.02 Å². The van der Waals surface area contributed by atoms with E-state index in [9.17, 15) is 8.42 Å². The number of halogens is 2. The smallest absolute Gasteiger partial charge is 0.261 e. The molecular weight excluding hydrogens is 281 g/mol. The number of benzene rings is 1. The molecular formula is C11H15Cl2NO2S. The van der Waals surface area contributed by atoms with Crippen molar-refractivity contribution in [1.29, 1.82) is 0 Å². The van der Waals surface area contributed by atoms with Crippen LogP contribution in [0, 0.1) is 0 Å². The van der Waals surface area contributed by atoms with E-state index in [0.29, 0.717) is 17.1 Å². The first-order valence-corrected chi connectivity index (χ1v) is 8.02. The van der Waals surface area contributed by atoms with Gasteiger partial charge in [0, 0.05) is 22.2 Å². The first-order valence-electron chi connectivity index (χ1n) is 5.34. The van der Waals surface area contributed by atoms with Crippen molar-refractivity contribution in [2.75, 3.05) is 13.1 Å². The largest absolute Gasteiger partial charge is 0.300 e. The molecule has 1 aromatic rings. The monoisotopic (exact) mass is 295 g/mol. The highest BCUT2D eigenvalue weighted by atomic mass is 35.7. The van der Waals surface area contributed by atoms with Gasteiger partial charge in [-0.2, -0.15) is 0 Å². The molecule has 0 amide bonds. The minimum atomic E-state index is -3.73. The third-order valence-electron chi connectivity index (χ3n) is 2.57. The molecule has 1 rings (SSSR count). The molecule has 0 N–H and O–H groups in total. The van der Waals surface area contributed by atoms with Gasteiger partial charge in [-0.15, -0.1) is 0 Å². The molecule has 0 radical (unpaired) electrons. The van der Waals surface area contributed by atoms with Gasteiger partial charge in [0.15, 0.2) is 0 Å². The third-order valence-corrected chi connectivity index (χ3v) is 4.23. The zero-order valence-electron chi connectivity index (χ0n) is 9.78. The molecule has 0 fully saturated rings. The molecule has 0 heterocycles. The average molecular weight is 296 g/mol. The van der Waals surface area contributed by atoms with Crippen LogP contribution < -0.4 is 0 Å². The van der Waals surface area contributed by atoms with E-state index in [1.807, 2.05) is 13.8 Å². The zero-order chi connectivity index (χ0) is 13.1. The molecule has 1 aromatic carbocycles. The topological polar surface area (TPSA) is 37.4 Å². The first-order chi connectivity index (χ1) is 7.88. The molecule has 0 aliphatic carbocycles. The minimum Gasteiger partial charge on any atom is -0.300 e. The van der Waals surface area contributed by atoms with Crippen molar-refractivity contribution in [1.82, 2.24) is 4.90 Å². The van der Waals surface area contributed by atoms with E-state index in [-0.39, 0.29) is 4.90 Å². The summed E-state index contributed by atoms with van der Waals surface area (Å²) < 4.78 is 22.9. The molecule has 0 saturated carbocycles. The molecule has 96 valence electrons. The van der Waals surface area contributed by atoms with Crippen molar-refractivity contribution in [2.45, 2.75) is 25.3 Å². The lowest BCUT2D eigenvalue weighted by Gasteiger charge is -2.19. The van der Waals surface area contributed by atoms with Crippen LogP contribution in [-0.2, 0) is 15.6 Å². The van der Waals surface area contributed by atoms with Crippen LogP contribution in [0.1, 0.15) is 19.4 Å². The zero-order valence-corrected chi connectivity index (χ0v) is 12.1. The summed E-state index contributed by atoms with van der Waals surface area (Å²) in [7, 11) is 1.67. The Balaban J connectivity index is 3.16. The minimum absolute atomic E-state index is 0.135. The van der Waals surface area contributed by atoms with Crippen molar-refractivity contribution in [2.24, 2.45) is 0 Å². The second-order valence-corrected chi connectivity index (χ2v) is 6.62. The van der Waals surface area contributed by atoms with Crippen molar-refractivity contribution in [3.63, 3.8) is 0 Å². The van der Waals surface area contributed by atoms with Crippen molar-refractivity contribution in [3.8, 4) is 0 Å². The summed E-state index contributed by atoms with van der Waals surface area (Å²) in [4.78, 5) is 2.23. The van der Waals surface area contributed by atoms with E-state index in [1.165, 1.54) is 12.1 Å². The van der Waals surface area contributed by atoms with Crippen LogP contribution in [0.25, 0.3) is 0 Å². The maximum atomic E-state index is 11.4. The standard InChI is InChI=1S/C11H15Cl2NO2S/c1-3-14(4-2)8-9-7-10(12)5-6-11(9)17(13,15)16/h5-7H,3-4,8H2,1-2H3. The van der Waals surface area contributed by atoms with Crippen LogP contribution in [0.4, 0.5) is 0 Å². The maximum Gasteiger partial charge on any atom is 0.261 e. The van der Waals surface area contributed by atoms with Crippen LogP contribution in [-0.4, -0.2) is 26.4 Å². The van der Waals surface area contributed by atoms with Gasteiger partial charge in [-0.3, -0.25) is 4.90 Å². The van der Waals surface area contributed by atoms with Gasteiger partial charge in [0.25, 0.3) is 9.05 Å². The summed E-state index contributed by atoms with van der Waals surface area (Å²) in [5.74, 6) is 0. The Morgan fingerprint density at radius 3 is 2.29 bits per heavy atom. The Kier molecular flexibility index (Phi) is 5.25. The van der Waals surface area contributed by atoms with E-state index in [2.05, 4.69) is 4.90 Å². The van der Waals surface area contributed by atoms with Gasteiger partial charge >= 0.3 is 0 Å². The van der Waals surface area contributed by atoms with Gasteiger partial charge in [-0.05, 0) is 36.9 Å². The molecule has 0 unspecified atom stereocenters. The SMILES string of the molecule is CCN(CC)Cc1cc(Cl)ccc1S(=O)(=O)Cl. The van der Waals surface area contributed by atoms with E-state index in [1.54, 1.807) is 6.07 Å². The van der Waals surface area contributed by atoms with Gasteiger partial charge in [0.1, 0.15) is 0 Å². The van der Waals surface area contributed by atoms with Crippen LogP contribution in [0.15, 0.2) is 23.1 Å². The lowest BCUT2D eigenvalue weighted by Crippen LogP contribution is -2.23. The fraction of sp³-hybridized carbons (Fsp3) is 0.455. The summed E-state index contributed by atoms with van der Waals surface area (Å²) in [5, 5.41) is 0.510. The van der Waals surface area contributed by atoms with E-state index in [0.717, 1.165) is 13.1 Å². The summed E-state index contributed by atoms with van der Waals surface area (Å²) in [6.07, 6.45) is 0. The Labute approximate surface area is 112 Å². The highest BCUT2D eigenvalue weighted by molar-refractivity contribution is 8.13. The molecule has 0 aliphatic heterocycles. The lowest BCUT2D eigenvalue weighted by atomic mass is 10.2. The quantitative estimate of drug-likeness (QED) is 0.783. The Morgan fingerprint density at radius 1 is 1.24 bits per heavy atom. The average Bonchev–Trinajstić information content (AvgIpc) is 2.24. The molecule has 3 nitrogen and oxygen atoms in total. The van der Waals surface area contributed by atoms with E-state index in [4.69, 9.17) is 22.3 Å². The number of hydrogen-bond donors (Lipinski definition) is 0. The second-order valence-electron chi connectivity index (χ2n) is 3.65. The normalized spacial score (nSPS) is 12.1. The Morgan fingerprint density at radius 2 is 1.82 bits per heavy atom. The number of nitrogens with zero attached hydrogens (tertiary/aromatic N) is 1. The Bertz CT molecular complexity index is 484. The fourth-order valence-electron chi connectivity index (χ4n) is 1.60. The predicted molar refractivity (Wildman–Crippen MR) is 71.1 cm³/mol. The molecule has 0 aliphatic rings. The maximum absolute atomic E-state index is 11.4. The summed E-state index contributed by atoms with van der Waals surface area (Å²) in [5.41, 5.74) is 0.635. The van der Waals surface area contributed by atoms with E-state index < -0.39 is 9.05 Å². The van der Waals surface area contributed by atoms with Crippen molar-refractivity contribution < 1.29 is 8.42 Å². The van der Waals surface area contributed by atoms with Crippen molar-refractivity contribution >= 4 is 31.3 Å². The summed E-state index contributed by atoms with van der Waals surface area (Å²) in [6, 6.07) is 4.63. The summed E-state index contributed by atoms with van der Waals surface area (Å²) in [6.45, 7) is 6.23. The number of rotatable bonds is 5. The van der Waals surface area contributed by atoms with Crippen LogP contribution in [0.3, 0.4) is 0 Å². The molecule has 6 heteroatoms. The molecule has 0 bridgehead atoms. The van der Waals surface area contributed by atoms with Gasteiger partial charge in [-0.1, -0.05) is 25.4 Å². The van der Waals surface area contributed by atoms with Gasteiger partial charge in [0.05, 0.1) is 4.90 Å². The Hall–Kier alpha value is -0.290. The highest BCUT2D eigenvalue weighted by Gasteiger charge is 2.17. The molecule has 17 heavy (non-hydrogen) atoms. The molecule has 0 aromatic heterocycles. The number of hydrogen-bond acceptors (Lipinski definition) is 3. The fourth-order valence-corrected chi connectivity index (χ4v) is 2.91. The van der Waals surface area contributed by atoms with Gasteiger partial charge < -0.3 is 0 Å². The van der Waals surface area contributed by atoms with Gasteiger partial charge in [-0.25, -0.2) is 8.42 Å². The highest BCUT2D eigenvalue weighted by Crippen LogP contribution is 2.24. The second kappa shape index (κ2) is 6.05. The summed E-state index contributed by atoms with van der Waals surface area (Å²) >= 11 is 5.88. The predicted octanol–water partition coefficient (Wildman–Crippen LogP) is 3.11. The van der Waals surface area contributed by atoms with Crippen LogP contribution in [0.5, 0.6) is 0 Å². The third kappa shape index (κ3) is 4.14. The van der Waals surface area contributed by atoms with E-state index >= 15 is 0 Å². The van der Waals surface area contributed by atoms with Gasteiger partial charge in [0.2, 0.25) is 0 Å². The molecule has 0 atom stereocenters. The first kappa shape index (κ1) is 14.8. The molecule has 0 spiro atoms. The van der Waals surface area contributed by atoms with Crippen LogP contribution >= 0.6 is 22.3 Å². The lowest BCUT2D eigenvalue weighted by molar-refractivity contribution is 0.293. The molecule has 0 saturated heterocycles.